The van der Waals surface area contributed by atoms with Gasteiger partial charge < -0.3 is 5.32 Å². The quantitative estimate of drug-likeness (QED) is 0.861. The maximum atomic E-state index is 12.9. The Bertz CT molecular complexity index is 549. The molecule has 2 aromatic rings. The van der Waals surface area contributed by atoms with E-state index in [0.29, 0.717) is 17.9 Å². The Hall–Kier alpha value is -1.67. The van der Waals surface area contributed by atoms with E-state index in [1.165, 1.54) is 17.5 Å². The van der Waals surface area contributed by atoms with Gasteiger partial charge >= 0.3 is 0 Å². The Morgan fingerprint density at radius 3 is 2.50 bits per heavy atom. The average Bonchev–Trinajstić information content (AvgIpc) is 3.27. The first-order chi connectivity index (χ1) is 9.74. The standard InChI is InChI=1S/C18H20FN/c1-13(20-12-14-5-3-2-4-6-14)17-11-18(17)15-7-9-16(19)10-8-15/h2-10,13,17-18,20H,11-12H2,1H3. The topological polar surface area (TPSA) is 12.0 Å². The molecule has 2 aromatic carbocycles. The predicted molar refractivity (Wildman–Crippen MR) is 80.0 cm³/mol. The zero-order valence-corrected chi connectivity index (χ0v) is 11.7. The van der Waals surface area contributed by atoms with Gasteiger partial charge in [0.05, 0.1) is 0 Å². The highest BCUT2D eigenvalue weighted by molar-refractivity contribution is 5.27. The molecule has 0 radical (unpaired) electrons. The van der Waals surface area contributed by atoms with Gasteiger partial charge in [-0.1, -0.05) is 42.5 Å². The fraction of sp³-hybridized carbons (Fsp3) is 0.333. The minimum atomic E-state index is -0.152. The van der Waals surface area contributed by atoms with Crippen LogP contribution < -0.4 is 5.32 Å². The van der Waals surface area contributed by atoms with E-state index in [1.807, 2.05) is 18.2 Å². The zero-order chi connectivity index (χ0) is 13.9. The second kappa shape index (κ2) is 5.76. The molecular weight excluding hydrogens is 249 g/mol. The Balaban J connectivity index is 1.52. The van der Waals surface area contributed by atoms with Gasteiger partial charge in [-0.2, -0.15) is 0 Å². The van der Waals surface area contributed by atoms with Crippen molar-refractivity contribution in [3.05, 3.63) is 71.5 Å². The molecule has 1 aliphatic rings. The summed E-state index contributed by atoms with van der Waals surface area (Å²) in [4.78, 5) is 0. The molecule has 20 heavy (non-hydrogen) atoms. The van der Waals surface area contributed by atoms with Gasteiger partial charge in [-0.05, 0) is 48.4 Å². The number of rotatable bonds is 5. The van der Waals surface area contributed by atoms with Gasteiger partial charge in [0.15, 0.2) is 0 Å². The molecule has 0 spiro atoms. The fourth-order valence-corrected chi connectivity index (χ4v) is 2.89. The molecule has 1 N–H and O–H groups in total. The van der Waals surface area contributed by atoms with Crippen molar-refractivity contribution in [1.82, 2.24) is 5.32 Å². The van der Waals surface area contributed by atoms with Gasteiger partial charge in [0.1, 0.15) is 5.82 Å². The maximum absolute atomic E-state index is 12.9. The summed E-state index contributed by atoms with van der Waals surface area (Å²) in [5, 5.41) is 3.60. The van der Waals surface area contributed by atoms with E-state index in [0.717, 1.165) is 6.54 Å². The molecule has 0 amide bonds. The van der Waals surface area contributed by atoms with Crippen LogP contribution >= 0.6 is 0 Å². The summed E-state index contributed by atoms with van der Waals surface area (Å²) >= 11 is 0. The molecule has 3 atom stereocenters. The van der Waals surface area contributed by atoms with E-state index in [9.17, 15) is 4.39 Å². The number of benzene rings is 2. The summed E-state index contributed by atoms with van der Waals surface area (Å²) in [6, 6.07) is 17.9. The van der Waals surface area contributed by atoms with Crippen LogP contribution in [0.2, 0.25) is 0 Å². The van der Waals surface area contributed by atoms with Gasteiger partial charge in [0.25, 0.3) is 0 Å². The van der Waals surface area contributed by atoms with Crippen LogP contribution in [0, 0.1) is 11.7 Å². The smallest absolute Gasteiger partial charge is 0.123 e. The summed E-state index contributed by atoms with van der Waals surface area (Å²) in [7, 11) is 0. The Morgan fingerprint density at radius 2 is 1.80 bits per heavy atom. The Morgan fingerprint density at radius 1 is 1.10 bits per heavy atom. The first-order valence-corrected chi connectivity index (χ1v) is 7.27. The van der Waals surface area contributed by atoms with Crippen LogP contribution in [0.4, 0.5) is 4.39 Å². The van der Waals surface area contributed by atoms with Crippen molar-refractivity contribution in [1.29, 1.82) is 0 Å². The van der Waals surface area contributed by atoms with Crippen LogP contribution in [0.3, 0.4) is 0 Å². The summed E-state index contributed by atoms with van der Waals surface area (Å²) in [5.41, 5.74) is 2.59. The normalized spacial score (nSPS) is 22.5. The lowest BCUT2D eigenvalue weighted by atomic mass is 10.1. The third-order valence-electron chi connectivity index (χ3n) is 4.25. The van der Waals surface area contributed by atoms with Gasteiger partial charge in [0.2, 0.25) is 0 Å². The monoisotopic (exact) mass is 269 g/mol. The fourth-order valence-electron chi connectivity index (χ4n) is 2.89. The molecule has 0 aromatic heterocycles. The molecule has 1 saturated carbocycles. The highest BCUT2D eigenvalue weighted by Gasteiger charge is 2.41. The summed E-state index contributed by atoms with van der Waals surface area (Å²) in [6.45, 7) is 3.16. The summed E-state index contributed by atoms with van der Waals surface area (Å²) in [5.74, 6) is 1.11. The van der Waals surface area contributed by atoms with Crippen molar-refractivity contribution in [2.24, 2.45) is 5.92 Å². The van der Waals surface area contributed by atoms with Crippen LogP contribution in [0.1, 0.15) is 30.4 Å². The largest absolute Gasteiger partial charge is 0.310 e. The Kier molecular flexibility index (Phi) is 3.83. The lowest BCUT2D eigenvalue weighted by molar-refractivity contribution is 0.488. The Labute approximate surface area is 119 Å². The molecule has 0 aliphatic heterocycles. The van der Waals surface area contributed by atoms with E-state index in [4.69, 9.17) is 0 Å². The van der Waals surface area contributed by atoms with E-state index >= 15 is 0 Å². The van der Waals surface area contributed by atoms with Crippen LogP contribution in [-0.4, -0.2) is 6.04 Å². The van der Waals surface area contributed by atoms with Gasteiger partial charge in [0, 0.05) is 12.6 Å². The minimum absolute atomic E-state index is 0.152. The number of halogens is 1. The molecule has 104 valence electrons. The first kappa shape index (κ1) is 13.3. The summed E-state index contributed by atoms with van der Waals surface area (Å²) < 4.78 is 12.9. The zero-order valence-electron chi connectivity index (χ0n) is 11.7. The van der Waals surface area contributed by atoms with E-state index in [2.05, 4.69) is 36.5 Å². The van der Waals surface area contributed by atoms with E-state index in [1.54, 1.807) is 12.1 Å². The van der Waals surface area contributed by atoms with Gasteiger partial charge in [-0.15, -0.1) is 0 Å². The van der Waals surface area contributed by atoms with Crippen molar-refractivity contribution < 1.29 is 4.39 Å². The van der Waals surface area contributed by atoms with Crippen molar-refractivity contribution in [2.75, 3.05) is 0 Å². The molecule has 3 rings (SSSR count). The van der Waals surface area contributed by atoms with E-state index < -0.39 is 0 Å². The molecule has 1 fully saturated rings. The van der Waals surface area contributed by atoms with Crippen molar-refractivity contribution in [2.45, 2.75) is 31.8 Å². The van der Waals surface area contributed by atoms with Gasteiger partial charge in [-0.25, -0.2) is 4.39 Å². The highest BCUT2D eigenvalue weighted by atomic mass is 19.1. The SMILES string of the molecule is CC(NCc1ccccc1)C1CC1c1ccc(F)cc1. The van der Waals surface area contributed by atoms with Crippen LogP contribution in [0.15, 0.2) is 54.6 Å². The van der Waals surface area contributed by atoms with Crippen molar-refractivity contribution >= 4 is 0 Å². The second-order valence-electron chi connectivity index (χ2n) is 5.71. The van der Waals surface area contributed by atoms with E-state index in [-0.39, 0.29) is 5.82 Å². The second-order valence-corrected chi connectivity index (χ2v) is 5.71. The first-order valence-electron chi connectivity index (χ1n) is 7.27. The van der Waals surface area contributed by atoms with Crippen molar-refractivity contribution in [3.8, 4) is 0 Å². The third-order valence-corrected chi connectivity index (χ3v) is 4.25. The van der Waals surface area contributed by atoms with Crippen LogP contribution in [-0.2, 0) is 6.54 Å². The molecule has 0 bridgehead atoms. The third kappa shape index (κ3) is 3.07. The molecule has 1 aliphatic carbocycles. The maximum Gasteiger partial charge on any atom is 0.123 e. The molecule has 3 unspecified atom stereocenters. The highest BCUT2D eigenvalue weighted by Crippen LogP contribution is 2.49. The number of hydrogen-bond acceptors (Lipinski definition) is 1. The predicted octanol–water partition coefficient (Wildman–Crippen LogP) is 4.11. The number of hydrogen-bond donors (Lipinski definition) is 1. The lowest BCUT2D eigenvalue weighted by Gasteiger charge is -2.14. The molecule has 0 saturated heterocycles. The summed E-state index contributed by atoms with van der Waals surface area (Å²) in [6.07, 6.45) is 1.20. The molecule has 0 heterocycles. The average molecular weight is 269 g/mol. The lowest BCUT2D eigenvalue weighted by Crippen LogP contribution is -2.27. The van der Waals surface area contributed by atoms with Crippen LogP contribution in [0.25, 0.3) is 0 Å². The molecular formula is C18H20FN. The van der Waals surface area contributed by atoms with Crippen LogP contribution in [0.5, 0.6) is 0 Å². The molecule has 2 heteroatoms. The minimum Gasteiger partial charge on any atom is -0.310 e. The van der Waals surface area contributed by atoms with Crippen molar-refractivity contribution in [3.63, 3.8) is 0 Å². The molecule has 1 nitrogen and oxygen atoms in total. The number of nitrogens with one attached hydrogen (secondary N) is 1. The van der Waals surface area contributed by atoms with Gasteiger partial charge in [-0.3, -0.25) is 0 Å².